The molecule has 1 atom stereocenters. The number of rotatable bonds is 3. The van der Waals surface area contributed by atoms with Crippen molar-refractivity contribution in [2.45, 2.75) is 46.3 Å². The normalized spacial score (nSPS) is 15.2. The van der Waals surface area contributed by atoms with Gasteiger partial charge in [0.05, 0.1) is 19.1 Å². The monoisotopic (exact) mass is 323 g/mol. The van der Waals surface area contributed by atoms with E-state index in [0.29, 0.717) is 25.6 Å². The van der Waals surface area contributed by atoms with Crippen LogP contribution in [0.15, 0.2) is 0 Å². The molecule has 0 radical (unpaired) electrons. The summed E-state index contributed by atoms with van der Waals surface area (Å²) in [6.07, 6.45) is 0.723. The van der Waals surface area contributed by atoms with Crippen molar-refractivity contribution in [2.75, 3.05) is 6.54 Å². The number of aryl methyl sites for hydroxylation is 1. The van der Waals surface area contributed by atoms with E-state index in [9.17, 15) is 4.79 Å². The topological polar surface area (TPSA) is 77.0 Å². The Hall–Kier alpha value is -0.850. The first-order chi connectivity index (χ1) is 8.47. The molecule has 2 rings (SSSR count). The average Bonchev–Trinajstić information content (AvgIpc) is 2.65. The van der Waals surface area contributed by atoms with Gasteiger partial charge in [0.15, 0.2) is 0 Å². The van der Waals surface area contributed by atoms with Gasteiger partial charge in [-0.25, -0.2) is 9.67 Å². The summed E-state index contributed by atoms with van der Waals surface area (Å²) in [4.78, 5) is 18.3. The van der Waals surface area contributed by atoms with Crippen LogP contribution in [0.5, 0.6) is 0 Å². The minimum Gasteiger partial charge on any atom is -0.332 e. The Kier molecular flexibility index (Phi) is 7.47. The second-order valence-electron chi connectivity index (χ2n) is 5.29. The van der Waals surface area contributed by atoms with Crippen LogP contribution in [-0.2, 0) is 17.9 Å². The van der Waals surface area contributed by atoms with E-state index in [0.717, 1.165) is 18.1 Å². The second kappa shape index (κ2) is 7.81. The molecule has 0 saturated carbocycles. The van der Waals surface area contributed by atoms with E-state index < -0.39 is 6.04 Å². The number of halogens is 2. The Bertz CT molecular complexity index is 449. The lowest BCUT2D eigenvalue weighted by molar-refractivity contribution is -0.134. The van der Waals surface area contributed by atoms with E-state index in [-0.39, 0.29) is 30.7 Å². The summed E-state index contributed by atoms with van der Waals surface area (Å²) in [5.74, 6) is 2.06. The minimum atomic E-state index is -0.402. The summed E-state index contributed by atoms with van der Waals surface area (Å²) in [7, 11) is 0. The zero-order valence-corrected chi connectivity index (χ0v) is 13.7. The third kappa shape index (κ3) is 4.33. The van der Waals surface area contributed by atoms with E-state index in [1.54, 1.807) is 4.90 Å². The summed E-state index contributed by atoms with van der Waals surface area (Å²) in [6, 6.07) is -0.402. The average molecular weight is 324 g/mol. The molecule has 1 aliphatic heterocycles. The summed E-state index contributed by atoms with van der Waals surface area (Å²) in [5, 5.41) is 4.27. The van der Waals surface area contributed by atoms with E-state index in [1.165, 1.54) is 0 Å². The molecular weight excluding hydrogens is 301 g/mol. The quantitative estimate of drug-likeness (QED) is 0.905. The molecule has 2 N–H and O–H groups in total. The molecule has 0 aromatic carbocycles. The van der Waals surface area contributed by atoms with E-state index in [1.807, 2.05) is 11.6 Å². The van der Waals surface area contributed by atoms with E-state index >= 15 is 0 Å². The zero-order chi connectivity index (χ0) is 13.3. The predicted molar refractivity (Wildman–Crippen MR) is 82.1 cm³/mol. The van der Waals surface area contributed by atoms with Gasteiger partial charge in [-0.1, -0.05) is 13.8 Å². The van der Waals surface area contributed by atoms with Crippen molar-refractivity contribution in [1.29, 1.82) is 0 Å². The molecule has 8 heteroatoms. The molecule has 2 heterocycles. The van der Waals surface area contributed by atoms with Gasteiger partial charge in [0.25, 0.3) is 0 Å². The lowest BCUT2D eigenvalue weighted by atomic mass is 10.0. The van der Waals surface area contributed by atoms with Crippen LogP contribution in [-0.4, -0.2) is 38.2 Å². The van der Waals surface area contributed by atoms with Gasteiger partial charge in [0.1, 0.15) is 11.6 Å². The molecule has 0 bridgehead atoms. The molecule has 0 unspecified atom stereocenters. The molecule has 0 aliphatic carbocycles. The molecule has 0 spiro atoms. The Morgan fingerprint density at radius 2 is 2.00 bits per heavy atom. The highest BCUT2D eigenvalue weighted by Crippen LogP contribution is 2.13. The fourth-order valence-corrected chi connectivity index (χ4v) is 2.29. The number of nitrogens with zero attached hydrogens (tertiary/aromatic N) is 4. The van der Waals surface area contributed by atoms with Crippen LogP contribution < -0.4 is 5.73 Å². The van der Waals surface area contributed by atoms with Crippen molar-refractivity contribution in [1.82, 2.24) is 19.7 Å². The molecule has 1 aromatic heterocycles. The smallest absolute Gasteiger partial charge is 0.239 e. The highest BCUT2D eigenvalue weighted by molar-refractivity contribution is 5.85. The fraction of sp³-hybridized carbons (Fsp3) is 0.750. The highest BCUT2D eigenvalue weighted by Gasteiger charge is 2.26. The number of aromatic nitrogens is 3. The Morgan fingerprint density at radius 1 is 1.35 bits per heavy atom. The van der Waals surface area contributed by atoms with Crippen molar-refractivity contribution in [2.24, 2.45) is 11.7 Å². The Balaban J connectivity index is 0.00000180. The first-order valence-corrected chi connectivity index (χ1v) is 6.42. The van der Waals surface area contributed by atoms with Gasteiger partial charge >= 0.3 is 0 Å². The first-order valence-electron chi connectivity index (χ1n) is 6.42. The number of nitrogens with two attached hydrogens (primary N) is 1. The number of carbonyl (C=O) groups is 1. The SMILES string of the molecule is Cc1nc2n(n1)CCN(C(=O)[C@@H](N)CC(C)C)C2.Cl.Cl. The van der Waals surface area contributed by atoms with Gasteiger partial charge in [-0.05, 0) is 19.3 Å². The molecule has 1 amide bonds. The van der Waals surface area contributed by atoms with Crippen molar-refractivity contribution < 1.29 is 4.79 Å². The maximum Gasteiger partial charge on any atom is 0.239 e. The van der Waals surface area contributed by atoms with E-state index in [2.05, 4.69) is 23.9 Å². The van der Waals surface area contributed by atoms with Crippen LogP contribution in [0, 0.1) is 12.8 Å². The van der Waals surface area contributed by atoms with Gasteiger partial charge in [-0.2, -0.15) is 5.10 Å². The lowest BCUT2D eigenvalue weighted by Crippen LogP contribution is -2.47. The van der Waals surface area contributed by atoms with Crippen LogP contribution >= 0.6 is 24.8 Å². The van der Waals surface area contributed by atoms with Crippen molar-refractivity contribution in [3.63, 3.8) is 0 Å². The fourth-order valence-electron chi connectivity index (χ4n) is 2.29. The number of fused-ring (bicyclic) bond motifs is 1. The standard InChI is InChI=1S/C12H21N5O.2ClH/c1-8(2)6-10(13)12(18)16-4-5-17-11(7-16)14-9(3)15-17;;/h8,10H,4-7,13H2,1-3H3;2*1H/t10-;;/m0../s1. The van der Waals surface area contributed by atoms with Crippen molar-refractivity contribution in [3.8, 4) is 0 Å². The Morgan fingerprint density at radius 3 is 2.60 bits per heavy atom. The van der Waals surface area contributed by atoms with Crippen molar-refractivity contribution >= 4 is 30.7 Å². The zero-order valence-electron chi connectivity index (χ0n) is 12.1. The second-order valence-corrected chi connectivity index (χ2v) is 5.29. The third-order valence-electron chi connectivity index (χ3n) is 3.12. The lowest BCUT2D eigenvalue weighted by Gasteiger charge is -2.29. The van der Waals surface area contributed by atoms with Gasteiger partial charge in [-0.15, -0.1) is 24.8 Å². The maximum atomic E-state index is 12.2. The predicted octanol–water partition coefficient (Wildman–Crippen LogP) is 1.15. The van der Waals surface area contributed by atoms with Gasteiger partial charge in [0, 0.05) is 6.54 Å². The molecule has 6 nitrogen and oxygen atoms in total. The molecule has 1 aliphatic rings. The number of hydrogen-bond acceptors (Lipinski definition) is 4. The van der Waals surface area contributed by atoms with Gasteiger partial charge in [0.2, 0.25) is 5.91 Å². The van der Waals surface area contributed by atoms with Gasteiger partial charge < -0.3 is 10.6 Å². The molecule has 116 valence electrons. The summed E-state index contributed by atoms with van der Waals surface area (Å²) < 4.78 is 1.87. The molecule has 0 fully saturated rings. The van der Waals surface area contributed by atoms with Crippen LogP contribution in [0.1, 0.15) is 31.9 Å². The summed E-state index contributed by atoms with van der Waals surface area (Å²) >= 11 is 0. The summed E-state index contributed by atoms with van der Waals surface area (Å²) in [5.41, 5.74) is 5.94. The van der Waals surface area contributed by atoms with Crippen LogP contribution in [0.2, 0.25) is 0 Å². The molecular formula is C12H23Cl2N5O. The Labute approximate surface area is 131 Å². The van der Waals surface area contributed by atoms with Crippen LogP contribution in [0.25, 0.3) is 0 Å². The maximum absolute atomic E-state index is 12.2. The number of carbonyl (C=O) groups excluding carboxylic acids is 1. The highest BCUT2D eigenvalue weighted by atomic mass is 35.5. The van der Waals surface area contributed by atoms with Crippen LogP contribution in [0.4, 0.5) is 0 Å². The van der Waals surface area contributed by atoms with Crippen LogP contribution in [0.3, 0.4) is 0 Å². The largest absolute Gasteiger partial charge is 0.332 e. The van der Waals surface area contributed by atoms with E-state index in [4.69, 9.17) is 5.73 Å². The van der Waals surface area contributed by atoms with Gasteiger partial charge in [-0.3, -0.25) is 4.79 Å². The molecule has 1 aromatic rings. The first kappa shape index (κ1) is 19.1. The third-order valence-corrected chi connectivity index (χ3v) is 3.12. The molecule has 20 heavy (non-hydrogen) atoms. The van der Waals surface area contributed by atoms with Crippen molar-refractivity contribution in [3.05, 3.63) is 11.6 Å². The minimum absolute atomic E-state index is 0. The summed E-state index contributed by atoms with van der Waals surface area (Å²) in [6.45, 7) is 7.90. The number of hydrogen-bond donors (Lipinski definition) is 1. The number of amides is 1. The molecule has 0 saturated heterocycles.